The molecule has 174 valence electrons. The van der Waals surface area contributed by atoms with Gasteiger partial charge in [0, 0.05) is 5.56 Å². The van der Waals surface area contributed by atoms with Gasteiger partial charge in [0.15, 0.2) is 6.04 Å². The number of nitrogens with one attached hydrogen (secondary N) is 1. The van der Waals surface area contributed by atoms with Crippen molar-refractivity contribution >= 4 is 11.9 Å². The van der Waals surface area contributed by atoms with Crippen molar-refractivity contribution in [2.24, 2.45) is 5.92 Å². The Kier molecular flexibility index (Phi) is 9.85. The number of carbonyl (C=O) groups is 2. The van der Waals surface area contributed by atoms with Crippen LogP contribution < -0.4 is 19.5 Å². The minimum atomic E-state index is -0.933. The first-order valence-corrected chi connectivity index (χ1v) is 10.7. The molecule has 1 amide bonds. The number of ether oxygens (including phenoxy) is 4. The number of esters is 1. The summed E-state index contributed by atoms with van der Waals surface area (Å²) in [7, 11) is 4.38. The van der Waals surface area contributed by atoms with E-state index >= 15 is 0 Å². The smallest absolute Gasteiger partial charge is 0.333 e. The van der Waals surface area contributed by atoms with E-state index in [2.05, 4.69) is 19.2 Å². The van der Waals surface area contributed by atoms with E-state index < -0.39 is 12.0 Å². The average Bonchev–Trinajstić information content (AvgIpc) is 2.81. The zero-order chi connectivity index (χ0) is 23.5. The number of amides is 1. The first kappa shape index (κ1) is 25.0. The van der Waals surface area contributed by atoms with Gasteiger partial charge in [0.25, 0.3) is 0 Å². The molecule has 0 fully saturated rings. The van der Waals surface area contributed by atoms with Crippen LogP contribution in [0.5, 0.6) is 17.2 Å². The first-order chi connectivity index (χ1) is 15.4. The Hall–Kier alpha value is -3.22. The fraction of sp³-hybridized carbons (Fsp3) is 0.440. The maximum Gasteiger partial charge on any atom is 0.333 e. The lowest BCUT2D eigenvalue weighted by Gasteiger charge is -2.18. The number of methoxy groups -OCH3 is 3. The molecule has 2 atom stereocenters. The van der Waals surface area contributed by atoms with Crippen molar-refractivity contribution in [3.8, 4) is 17.2 Å². The summed E-state index contributed by atoms with van der Waals surface area (Å²) in [6.07, 6.45) is 2.24. The van der Waals surface area contributed by atoms with Crippen molar-refractivity contribution < 1.29 is 28.5 Å². The van der Waals surface area contributed by atoms with E-state index in [1.807, 2.05) is 0 Å². The lowest BCUT2D eigenvalue weighted by molar-refractivity contribution is -0.145. The van der Waals surface area contributed by atoms with Gasteiger partial charge < -0.3 is 24.3 Å². The third kappa shape index (κ3) is 7.18. The predicted molar refractivity (Wildman–Crippen MR) is 122 cm³/mol. The van der Waals surface area contributed by atoms with Crippen LogP contribution in [0.2, 0.25) is 0 Å². The molecule has 0 radical (unpaired) electrons. The highest BCUT2D eigenvalue weighted by Crippen LogP contribution is 2.25. The molecular weight excluding hydrogens is 410 g/mol. The van der Waals surface area contributed by atoms with Gasteiger partial charge in [-0.25, -0.2) is 4.79 Å². The van der Waals surface area contributed by atoms with Crippen LogP contribution in [0.15, 0.2) is 42.5 Å². The molecule has 0 aliphatic rings. The minimum Gasteiger partial charge on any atom is -0.497 e. The molecule has 2 aromatic rings. The van der Waals surface area contributed by atoms with Gasteiger partial charge in [-0.15, -0.1) is 0 Å². The van der Waals surface area contributed by atoms with E-state index in [1.54, 1.807) is 49.6 Å². The Morgan fingerprint density at radius 3 is 2.25 bits per heavy atom. The largest absolute Gasteiger partial charge is 0.497 e. The molecule has 7 nitrogen and oxygen atoms in total. The van der Waals surface area contributed by atoms with Crippen molar-refractivity contribution in [2.45, 2.75) is 39.2 Å². The van der Waals surface area contributed by atoms with Crippen LogP contribution in [0.4, 0.5) is 0 Å². The van der Waals surface area contributed by atoms with Gasteiger partial charge in [0.05, 0.1) is 34.4 Å². The van der Waals surface area contributed by atoms with Crippen molar-refractivity contribution in [2.75, 3.05) is 27.9 Å². The van der Waals surface area contributed by atoms with Crippen molar-refractivity contribution in [1.29, 1.82) is 0 Å². The molecule has 1 N–H and O–H groups in total. The van der Waals surface area contributed by atoms with Crippen LogP contribution in [0, 0.1) is 5.92 Å². The summed E-state index contributed by atoms with van der Waals surface area (Å²) in [6, 6.07) is 11.4. The number of benzene rings is 2. The Labute approximate surface area is 190 Å². The van der Waals surface area contributed by atoms with Gasteiger partial charge in [0.2, 0.25) is 5.91 Å². The van der Waals surface area contributed by atoms with Crippen LogP contribution >= 0.6 is 0 Å². The predicted octanol–water partition coefficient (Wildman–Crippen LogP) is 4.09. The molecule has 0 saturated carbocycles. The lowest BCUT2D eigenvalue weighted by Crippen LogP contribution is -2.35. The summed E-state index contributed by atoms with van der Waals surface area (Å²) in [6.45, 7) is 4.93. The normalized spacial score (nSPS) is 12.4. The van der Waals surface area contributed by atoms with Crippen molar-refractivity contribution in [3.05, 3.63) is 53.6 Å². The third-order valence-electron chi connectivity index (χ3n) is 5.11. The van der Waals surface area contributed by atoms with E-state index in [4.69, 9.17) is 18.9 Å². The summed E-state index contributed by atoms with van der Waals surface area (Å²) in [5.41, 5.74) is 1.26. The fourth-order valence-corrected chi connectivity index (χ4v) is 3.37. The lowest BCUT2D eigenvalue weighted by atomic mass is 10.1. The van der Waals surface area contributed by atoms with Crippen molar-refractivity contribution in [3.63, 3.8) is 0 Å². The van der Waals surface area contributed by atoms with Crippen LogP contribution in [-0.4, -0.2) is 39.8 Å². The second-order valence-corrected chi connectivity index (χ2v) is 7.65. The molecule has 0 saturated heterocycles. The topological polar surface area (TPSA) is 83.1 Å². The average molecular weight is 444 g/mol. The molecule has 0 spiro atoms. The summed E-state index contributed by atoms with van der Waals surface area (Å²) in [5.74, 6) is 1.46. The number of hydrogen-bond acceptors (Lipinski definition) is 6. The van der Waals surface area contributed by atoms with Gasteiger partial charge in [-0.3, -0.25) is 4.79 Å². The second kappa shape index (κ2) is 12.6. The molecular formula is C25H33NO6. The SMILES string of the molecule is CCCC(C)COc1ccc([C@@H](NC(=O)Cc2cc(OC)ccc2OC)C(=O)OC)cc1. The molecule has 7 heteroatoms. The van der Waals surface area contributed by atoms with E-state index in [9.17, 15) is 9.59 Å². The van der Waals surface area contributed by atoms with Gasteiger partial charge >= 0.3 is 5.97 Å². The van der Waals surface area contributed by atoms with Crippen LogP contribution in [0.25, 0.3) is 0 Å². The number of hydrogen-bond donors (Lipinski definition) is 1. The molecule has 0 aliphatic heterocycles. The van der Waals surface area contributed by atoms with Crippen LogP contribution in [-0.2, 0) is 20.7 Å². The molecule has 2 rings (SSSR count). The van der Waals surface area contributed by atoms with E-state index in [-0.39, 0.29) is 12.3 Å². The van der Waals surface area contributed by atoms with Gasteiger partial charge in [-0.2, -0.15) is 0 Å². The Bertz CT molecular complexity index is 881. The monoisotopic (exact) mass is 443 g/mol. The minimum absolute atomic E-state index is 0.0182. The Morgan fingerprint density at radius 1 is 0.969 bits per heavy atom. The molecule has 0 heterocycles. The standard InChI is InChI=1S/C25H33NO6/c1-6-7-17(2)16-32-20-10-8-18(9-11-20)24(25(28)31-5)26-23(27)15-19-14-21(29-3)12-13-22(19)30-4/h8-14,17,24H,6-7,15-16H2,1-5H3,(H,26,27)/t17?,24-/m1/s1. The van der Waals surface area contributed by atoms with Gasteiger partial charge in [-0.05, 0) is 48.2 Å². The highest BCUT2D eigenvalue weighted by Gasteiger charge is 2.24. The fourth-order valence-electron chi connectivity index (χ4n) is 3.37. The number of carbonyl (C=O) groups excluding carboxylic acids is 2. The van der Waals surface area contributed by atoms with E-state index in [0.717, 1.165) is 12.8 Å². The molecule has 2 aromatic carbocycles. The zero-order valence-electron chi connectivity index (χ0n) is 19.5. The van der Waals surface area contributed by atoms with E-state index in [0.29, 0.717) is 40.9 Å². The Balaban J connectivity index is 2.10. The van der Waals surface area contributed by atoms with Crippen molar-refractivity contribution in [1.82, 2.24) is 5.32 Å². The summed E-state index contributed by atoms with van der Waals surface area (Å²) >= 11 is 0. The maximum atomic E-state index is 12.8. The highest BCUT2D eigenvalue weighted by atomic mass is 16.5. The molecule has 0 bridgehead atoms. The summed E-state index contributed by atoms with van der Waals surface area (Å²) in [5, 5.41) is 2.76. The zero-order valence-corrected chi connectivity index (χ0v) is 19.5. The maximum absolute atomic E-state index is 12.8. The van der Waals surface area contributed by atoms with E-state index in [1.165, 1.54) is 14.2 Å². The quantitative estimate of drug-likeness (QED) is 0.498. The van der Waals surface area contributed by atoms with Gasteiger partial charge in [0.1, 0.15) is 17.2 Å². The molecule has 1 unspecified atom stereocenters. The second-order valence-electron chi connectivity index (χ2n) is 7.65. The molecule has 32 heavy (non-hydrogen) atoms. The Morgan fingerprint density at radius 2 is 1.66 bits per heavy atom. The summed E-state index contributed by atoms with van der Waals surface area (Å²) in [4.78, 5) is 25.1. The first-order valence-electron chi connectivity index (χ1n) is 10.7. The molecule has 0 aromatic heterocycles. The van der Waals surface area contributed by atoms with Crippen LogP contribution in [0.1, 0.15) is 43.9 Å². The molecule has 0 aliphatic carbocycles. The van der Waals surface area contributed by atoms with Crippen LogP contribution in [0.3, 0.4) is 0 Å². The number of rotatable bonds is 12. The summed E-state index contributed by atoms with van der Waals surface area (Å²) < 4.78 is 21.3. The third-order valence-corrected chi connectivity index (χ3v) is 5.11. The highest BCUT2D eigenvalue weighted by molar-refractivity contribution is 5.87. The van der Waals surface area contributed by atoms with Gasteiger partial charge in [-0.1, -0.05) is 32.4 Å².